The molecule has 23 heavy (non-hydrogen) atoms. The molecule has 0 saturated carbocycles. The molecule has 0 aliphatic rings. The van der Waals surface area contributed by atoms with Crippen molar-refractivity contribution in [3.05, 3.63) is 51.7 Å². The number of rotatable bonds is 4. The number of hydrogen-bond donors (Lipinski definition) is 0. The Morgan fingerprint density at radius 2 is 1.22 bits per heavy atom. The van der Waals surface area contributed by atoms with E-state index in [1.165, 1.54) is 24.6 Å². The standard InChI is InChI=1S/C8H12NSi.3C4H9.Sn/c1-10(2,3)8-6-4-5-7-9-8;3*1-3-4-2;/h4-7H,1H2,2-3H3;3*1,3-4H2,2H3;/p+1. The summed E-state index contributed by atoms with van der Waals surface area (Å²) in [5, 5.41) is 1.30. The van der Waals surface area contributed by atoms with E-state index in [9.17, 15) is 0 Å². The van der Waals surface area contributed by atoms with Crippen LogP contribution in [0.25, 0.3) is 0 Å². The van der Waals surface area contributed by atoms with Crippen molar-refractivity contribution in [1.82, 2.24) is 0 Å². The van der Waals surface area contributed by atoms with E-state index in [4.69, 9.17) is 0 Å². The number of pyridine rings is 1. The van der Waals surface area contributed by atoms with Gasteiger partial charge in [0, 0.05) is 30.0 Å². The quantitative estimate of drug-likeness (QED) is 0.566. The SMILES string of the molecule is [CH2]CCC.[CH2]CCC.[CH2]CCC.[CH2][Si](C)(C)c1cccc[nH+]1.[Sn]. The first-order chi connectivity index (χ1) is 10.3. The van der Waals surface area contributed by atoms with Crippen molar-refractivity contribution < 1.29 is 4.98 Å². The van der Waals surface area contributed by atoms with Crippen molar-refractivity contribution in [1.29, 1.82) is 0 Å². The summed E-state index contributed by atoms with van der Waals surface area (Å²) in [5.41, 5.74) is 0. The van der Waals surface area contributed by atoms with E-state index in [0.717, 1.165) is 19.3 Å². The molecule has 1 N–H and O–H groups in total. The van der Waals surface area contributed by atoms with E-state index in [1.54, 1.807) is 0 Å². The minimum absolute atomic E-state index is 0. The molecule has 0 spiro atoms. The molecule has 0 unspecified atom stereocenters. The molecular weight excluding hydrogens is 401 g/mol. The predicted molar refractivity (Wildman–Crippen MR) is 112 cm³/mol. The van der Waals surface area contributed by atoms with Crippen LogP contribution in [0.4, 0.5) is 0 Å². The summed E-state index contributed by atoms with van der Waals surface area (Å²) in [6.07, 6.45) is 8.79. The Labute approximate surface area is 166 Å². The Hall–Kier alpha value is 0.166. The molecule has 1 rings (SSSR count). The minimum atomic E-state index is -1.34. The Morgan fingerprint density at radius 1 is 0.870 bits per heavy atom. The summed E-state index contributed by atoms with van der Waals surface area (Å²) in [6, 6.07) is 6.15. The maximum absolute atomic E-state index is 4.15. The van der Waals surface area contributed by atoms with Crippen molar-refractivity contribution in [3.63, 3.8) is 0 Å². The average molecular weight is 441 g/mol. The molecule has 0 aliphatic heterocycles. The summed E-state index contributed by atoms with van der Waals surface area (Å²) in [4.78, 5) is 3.21. The first-order valence-corrected chi connectivity index (χ1v) is 11.8. The summed E-state index contributed by atoms with van der Waals surface area (Å²) >= 11 is 0. The van der Waals surface area contributed by atoms with Crippen LogP contribution in [0.3, 0.4) is 0 Å². The van der Waals surface area contributed by atoms with Crippen LogP contribution in [0.2, 0.25) is 13.1 Å². The van der Waals surface area contributed by atoms with E-state index in [0.29, 0.717) is 0 Å². The number of aromatic nitrogens is 1. The zero-order valence-electron chi connectivity index (χ0n) is 16.4. The van der Waals surface area contributed by atoms with E-state index in [1.807, 2.05) is 18.3 Å². The van der Waals surface area contributed by atoms with Crippen molar-refractivity contribution >= 4 is 37.3 Å². The molecule has 8 radical (unpaired) electrons. The third-order valence-corrected chi connectivity index (χ3v) is 4.27. The molecule has 0 saturated heterocycles. The summed E-state index contributed by atoms with van der Waals surface area (Å²) in [7, 11) is -1.34. The van der Waals surface area contributed by atoms with Crippen LogP contribution < -0.4 is 10.3 Å². The minimum Gasteiger partial charge on any atom is -0.220 e. The number of hydrogen-bond acceptors (Lipinski definition) is 0. The van der Waals surface area contributed by atoms with Gasteiger partial charge >= 0.3 is 0 Å². The number of H-pyrrole nitrogens is 1. The molecule has 132 valence electrons. The van der Waals surface area contributed by atoms with Crippen LogP contribution in [-0.4, -0.2) is 32.0 Å². The fourth-order valence-corrected chi connectivity index (χ4v) is 1.84. The Kier molecular flexibility index (Phi) is 32.9. The van der Waals surface area contributed by atoms with Crippen LogP contribution >= 0.6 is 0 Å². The van der Waals surface area contributed by atoms with Gasteiger partial charge in [-0.3, -0.25) is 0 Å². The van der Waals surface area contributed by atoms with Crippen molar-refractivity contribution in [3.8, 4) is 0 Å². The van der Waals surface area contributed by atoms with E-state index in [2.05, 4.69) is 72.2 Å². The first kappa shape index (κ1) is 31.0. The number of nitrogens with one attached hydrogen (secondary N) is 1. The van der Waals surface area contributed by atoms with Gasteiger partial charge in [0.25, 0.3) is 0 Å². The van der Waals surface area contributed by atoms with Gasteiger partial charge in [0.2, 0.25) is 0 Å². The van der Waals surface area contributed by atoms with Gasteiger partial charge in [0.05, 0.1) is 0 Å². The van der Waals surface area contributed by atoms with Crippen LogP contribution in [0.1, 0.15) is 59.3 Å². The number of aromatic amines is 1. The van der Waals surface area contributed by atoms with Crippen LogP contribution in [0.5, 0.6) is 0 Å². The van der Waals surface area contributed by atoms with Crippen LogP contribution in [-0.2, 0) is 0 Å². The zero-order chi connectivity index (χ0) is 17.9. The molecule has 0 aliphatic carbocycles. The molecule has 0 atom stereocenters. The Bertz CT molecular complexity index is 268. The maximum atomic E-state index is 4.15. The molecule has 3 heteroatoms. The van der Waals surface area contributed by atoms with Crippen molar-refractivity contribution in [2.75, 3.05) is 0 Å². The monoisotopic (exact) mass is 442 g/mol. The fraction of sp³-hybridized carbons (Fsp3) is 0.550. The first-order valence-electron chi connectivity index (χ1n) is 8.55. The molecule has 0 bridgehead atoms. The third-order valence-electron chi connectivity index (χ3n) is 2.50. The molecule has 1 heterocycles. The molecule has 0 aromatic carbocycles. The summed E-state index contributed by atoms with van der Waals surface area (Å²) in [5.74, 6) is 0. The summed E-state index contributed by atoms with van der Waals surface area (Å²) < 4.78 is 0. The Balaban J connectivity index is -0.000000118. The topological polar surface area (TPSA) is 14.1 Å². The molecule has 1 aromatic rings. The van der Waals surface area contributed by atoms with Gasteiger partial charge < -0.3 is 0 Å². The molecular formula is C20H40NSiSn+. The van der Waals surface area contributed by atoms with Gasteiger partial charge in [0.1, 0.15) is 5.32 Å². The van der Waals surface area contributed by atoms with Gasteiger partial charge in [0.15, 0.2) is 14.3 Å². The van der Waals surface area contributed by atoms with Gasteiger partial charge in [-0.25, -0.2) is 4.98 Å². The van der Waals surface area contributed by atoms with E-state index >= 15 is 0 Å². The Morgan fingerprint density at radius 3 is 1.35 bits per heavy atom. The summed E-state index contributed by atoms with van der Waals surface area (Å²) in [6.45, 7) is 25.8. The van der Waals surface area contributed by atoms with Crippen molar-refractivity contribution in [2.45, 2.75) is 72.4 Å². The average Bonchev–Trinajstić information content (AvgIpc) is 2.55. The van der Waals surface area contributed by atoms with Gasteiger partial charge in [-0.05, 0) is 12.6 Å². The van der Waals surface area contributed by atoms with Gasteiger partial charge in [-0.2, -0.15) is 0 Å². The largest absolute Gasteiger partial charge is 0.220 e. The maximum Gasteiger partial charge on any atom is 0.166 e. The smallest absolute Gasteiger partial charge is 0.166 e. The van der Waals surface area contributed by atoms with Gasteiger partial charge in [-0.1, -0.05) is 99.2 Å². The predicted octanol–water partition coefficient (Wildman–Crippen LogP) is 5.27. The molecule has 0 fully saturated rings. The number of unbranched alkanes of at least 4 members (excludes halogenated alkanes) is 3. The fourth-order valence-electron chi connectivity index (χ4n) is 0.814. The van der Waals surface area contributed by atoms with Gasteiger partial charge in [-0.15, -0.1) is 0 Å². The molecule has 1 aromatic heterocycles. The second-order valence-electron chi connectivity index (χ2n) is 5.72. The van der Waals surface area contributed by atoms with Crippen LogP contribution in [0, 0.1) is 27.3 Å². The van der Waals surface area contributed by atoms with E-state index in [-0.39, 0.29) is 23.9 Å². The van der Waals surface area contributed by atoms with Crippen LogP contribution in [0.15, 0.2) is 24.4 Å². The zero-order valence-corrected chi connectivity index (χ0v) is 20.2. The third kappa shape index (κ3) is 30.6. The second kappa shape index (κ2) is 24.4. The molecule has 1 nitrogen and oxygen atoms in total. The van der Waals surface area contributed by atoms with Crippen molar-refractivity contribution in [2.24, 2.45) is 0 Å². The second-order valence-corrected chi connectivity index (χ2v) is 10.0. The normalized spacial score (nSPS) is 8.91. The van der Waals surface area contributed by atoms with E-state index < -0.39 is 8.07 Å². The molecule has 0 amide bonds.